The van der Waals surface area contributed by atoms with Crippen molar-refractivity contribution in [2.45, 2.75) is 13.8 Å². The molecule has 0 atom stereocenters. The second-order valence-corrected chi connectivity index (χ2v) is 6.18. The standard InChI is InChI=1S/C14H15NSe/c1-10-7-8-12(15)14(9-10)16-13-6-4-3-5-11(13)2/h3-9H,15H2,1-2H3. The van der Waals surface area contributed by atoms with E-state index in [1.165, 1.54) is 20.1 Å². The minimum atomic E-state index is 0.307. The number of benzene rings is 2. The number of nitrogens with two attached hydrogens (primary N) is 1. The third kappa shape index (κ3) is 2.46. The van der Waals surface area contributed by atoms with Gasteiger partial charge in [-0.1, -0.05) is 0 Å². The molecule has 0 aliphatic carbocycles. The molecule has 0 aromatic heterocycles. The number of aryl methyl sites for hydroxylation is 2. The van der Waals surface area contributed by atoms with Crippen molar-refractivity contribution in [1.29, 1.82) is 0 Å². The fourth-order valence-corrected chi connectivity index (χ4v) is 3.71. The van der Waals surface area contributed by atoms with Crippen molar-refractivity contribution in [3.05, 3.63) is 53.6 Å². The van der Waals surface area contributed by atoms with Gasteiger partial charge in [0, 0.05) is 0 Å². The summed E-state index contributed by atoms with van der Waals surface area (Å²) in [6.07, 6.45) is 0. The van der Waals surface area contributed by atoms with E-state index in [1.807, 2.05) is 6.07 Å². The molecule has 2 heteroatoms. The predicted molar refractivity (Wildman–Crippen MR) is 71.8 cm³/mol. The first-order valence-electron chi connectivity index (χ1n) is 5.26. The van der Waals surface area contributed by atoms with Gasteiger partial charge in [-0.15, -0.1) is 0 Å². The van der Waals surface area contributed by atoms with Crippen molar-refractivity contribution in [3.8, 4) is 0 Å². The van der Waals surface area contributed by atoms with Crippen LogP contribution in [0.3, 0.4) is 0 Å². The first kappa shape index (κ1) is 11.3. The molecule has 0 spiro atoms. The van der Waals surface area contributed by atoms with Gasteiger partial charge < -0.3 is 0 Å². The van der Waals surface area contributed by atoms with Crippen molar-refractivity contribution >= 4 is 29.6 Å². The summed E-state index contributed by atoms with van der Waals surface area (Å²) in [5.41, 5.74) is 9.54. The Labute approximate surface area is 103 Å². The molecule has 0 radical (unpaired) electrons. The normalized spacial score (nSPS) is 10.4. The Bertz CT molecular complexity index is 506. The van der Waals surface area contributed by atoms with E-state index >= 15 is 0 Å². The minimum absolute atomic E-state index is 0.307. The topological polar surface area (TPSA) is 26.0 Å². The fourth-order valence-electron chi connectivity index (χ4n) is 1.52. The van der Waals surface area contributed by atoms with E-state index in [9.17, 15) is 0 Å². The molecule has 82 valence electrons. The zero-order valence-corrected chi connectivity index (χ0v) is 11.2. The van der Waals surface area contributed by atoms with Gasteiger partial charge in [0.05, 0.1) is 0 Å². The Kier molecular flexibility index (Phi) is 3.33. The van der Waals surface area contributed by atoms with Crippen LogP contribution in [0.1, 0.15) is 11.1 Å². The average molecular weight is 276 g/mol. The van der Waals surface area contributed by atoms with Crippen LogP contribution < -0.4 is 14.7 Å². The van der Waals surface area contributed by atoms with Crippen LogP contribution in [-0.2, 0) is 0 Å². The molecule has 2 aromatic rings. The maximum absolute atomic E-state index is 6.00. The quantitative estimate of drug-likeness (QED) is 0.653. The molecule has 0 heterocycles. The summed E-state index contributed by atoms with van der Waals surface area (Å²) in [5.74, 6) is 0. The number of rotatable bonds is 2. The summed E-state index contributed by atoms with van der Waals surface area (Å²) in [6.45, 7) is 4.26. The van der Waals surface area contributed by atoms with Crippen LogP contribution in [0.2, 0.25) is 0 Å². The van der Waals surface area contributed by atoms with Crippen LogP contribution in [0.25, 0.3) is 0 Å². The maximum atomic E-state index is 6.00. The van der Waals surface area contributed by atoms with Crippen LogP contribution in [0.5, 0.6) is 0 Å². The molecule has 1 nitrogen and oxygen atoms in total. The molecule has 2 N–H and O–H groups in total. The Morgan fingerprint density at radius 2 is 1.69 bits per heavy atom. The zero-order valence-electron chi connectivity index (χ0n) is 9.53. The second kappa shape index (κ2) is 4.73. The van der Waals surface area contributed by atoms with Gasteiger partial charge in [-0.2, -0.15) is 0 Å². The van der Waals surface area contributed by atoms with Crippen LogP contribution in [0, 0.1) is 13.8 Å². The van der Waals surface area contributed by atoms with Gasteiger partial charge in [-0.3, -0.25) is 0 Å². The van der Waals surface area contributed by atoms with E-state index in [-0.39, 0.29) is 0 Å². The van der Waals surface area contributed by atoms with Crippen LogP contribution >= 0.6 is 0 Å². The summed E-state index contributed by atoms with van der Waals surface area (Å²) in [5, 5.41) is 0. The van der Waals surface area contributed by atoms with E-state index in [1.54, 1.807) is 0 Å². The molecule has 0 aliphatic heterocycles. The Balaban J connectivity index is 2.34. The molecule has 0 bridgehead atoms. The van der Waals surface area contributed by atoms with Crippen molar-refractivity contribution in [2.75, 3.05) is 5.73 Å². The summed E-state index contributed by atoms with van der Waals surface area (Å²) in [6, 6.07) is 14.8. The van der Waals surface area contributed by atoms with E-state index in [0.29, 0.717) is 15.0 Å². The first-order chi connectivity index (χ1) is 7.66. The van der Waals surface area contributed by atoms with Gasteiger partial charge in [0.15, 0.2) is 0 Å². The zero-order chi connectivity index (χ0) is 11.5. The Morgan fingerprint density at radius 1 is 0.938 bits per heavy atom. The van der Waals surface area contributed by atoms with Gasteiger partial charge in [0.1, 0.15) is 0 Å². The molecule has 16 heavy (non-hydrogen) atoms. The van der Waals surface area contributed by atoms with Crippen LogP contribution in [-0.4, -0.2) is 15.0 Å². The van der Waals surface area contributed by atoms with E-state index in [2.05, 4.69) is 50.2 Å². The summed E-state index contributed by atoms with van der Waals surface area (Å²) < 4.78 is 2.69. The summed E-state index contributed by atoms with van der Waals surface area (Å²) in [4.78, 5) is 0. The summed E-state index contributed by atoms with van der Waals surface area (Å²) in [7, 11) is 0. The van der Waals surface area contributed by atoms with Gasteiger partial charge in [-0.05, 0) is 0 Å². The molecule has 0 amide bonds. The Hall–Kier alpha value is -1.24. The molecular formula is C14H15NSe. The van der Waals surface area contributed by atoms with E-state index in [0.717, 1.165) is 5.69 Å². The SMILES string of the molecule is Cc1ccc(N)c([Se]c2ccccc2C)c1. The van der Waals surface area contributed by atoms with Crippen molar-refractivity contribution in [2.24, 2.45) is 0 Å². The number of anilines is 1. The van der Waals surface area contributed by atoms with Crippen molar-refractivity contribution in [3.63, 3.8) is 0 Å². The average Bonchev–Trinajstić information content (AvgIpc) is 2.27. The van der Waals surface area contributed by atoms with Crippen LogP contribution in [0.4, 0.5) is 5.69 Å². The molecule has 0 aliphatic rings. The third-order valence-electron chi connectivity index (χ3n) is 2.48. The molecule has 2 aromatic carbocycles. The van der Waals surface area contributed by atoms with Gasteiger partial charge >= 0.3 is 103 Å². The second-order valence-electron chi connectivity index (χ2n) is 3.91. The first-order valence-corrected chi connectivity index (χ1v) is 6.98. The summed E-state index contributed by atoms with van der Waals surface area (Å²) >= 11 is 0.307. The fraction of sp³-hybridized carbons (Fsp3) is 0.143. The third-order valence-corrected chi connectivity index (χ3v) is 5.11. The molecular weight excluding hydrogens is 261 g/mol. The van der Waals surface area contributed by atoms with Crippen LogP contribution in [0.15, 0.2) is 42.5 Å². The Morgan fingerprint density at radius 3 is 2.44 bits per heavy atom. The van der Waals surface area contributed by atoms with Gasteiger partial charge in [0.25, 0.3) is 0 Å². The monoisotopic (exact) mass is 277 g/mol. The number of hydrogen-bond donors (Lipinski definition) is 1. The molecule has 0 saturated heterocycles. The van der Waals surface area contributed by atoms with Crippen molar-refractivity contribution in [1.82, 2.24) is 0 Å². The number of nitrogen functional groups attached to an aromatic ring is 1. The van der Waals surface area contributed by atoms with E-state index in [4.69, 9.17) is 5.73 Å². The molecule has 2 rings (SSSR count). The van der Waals surface area contributed by atoms with Gasteiger partial charge in [-0.25, -0.2) is 0 Å². The molecule has 0 fully saturated rings. The van der Waals surface area contributed by atoms with Crippen molar-refractivity contribution < 1.29 is 0 Å². The number of hydrogen-bond acceptors (Lipinski definition) is 1. The molecule has 0 saturated carbocycles. The van der Waals surface area contributed by atoms with Gasteiger partial charge in [0.2, 0.25) is 0 Å². The predicted octanol–water partition coefficient (Wildman–Crippen LogP) is 1.54. The van der Waals surface area contributed by atoms with E-state index < -0.39 is 0 Å². The molecule has 0 unspecified atom stereocenters.